The molecule has 3 aromatic rings. The fourth-order valence-electron chi connectivity index (χ4n) is 2.94. The van der Waals surface area contributed by atoms with Crippen molar-refractivity contribution in [2.75, 3.05) is 6.54 Å². The molecule has 1 aromatic heterocycles. The zero-order chi connectivity index (χ0) is 15.1. The van der Waals surface area contributed by atoms with Crippen molar-refractivity contribution >= 4 is 22.6 Å². The third-order valence-corrected chi connectivity index (χ3v) is 4.02. The molecule has 0 unspecified atom stereocenters. The van der Waals surface area contributed by atoms with Gasteiger partial charge in [0.1, 0.15) is 0 Å². The molecule has 0 saturated carbocycles. The summed E-state index contributed by atoms with van der Waals surface area (Å²) in [4.78, 5) is 33.6. The Morgan fingerprint density at radius 2 is 1.68 bits per heavy atom. The molecule has 5 heteroatoms. The van der Waals surface area contributed by atoms with E-state index in [9.17, 15) is 9.59 Å². The maximum atomic E-state index is 12.7. The van der Waals surface area contributed by atoms with Gasteiger partial charge in [-0.25, -0.2) is 4.98 Å². The fraction of sp³-hybridized carbons (Fsp3) is 0.118. The first-order valence-electron chi connectivity index (χ1n) is 7.11. The number of nitrogens with zero attached hydrogens (tertiary/aromatic N) is 2. The SMILES string of the molecule is O=C1c2cccc3cccc(c23)C(=O)N1CCc1cnc[nH]1. The Morgan fingerprint density at radius 1 is 1.00 bits per heavy atom. The van der Waals surface area contributed by atoms with Crippen molar-refractivity contribution in [2.24, 2.45) is 0 Å². The van der Waals surface area contributed by atoms with Gasteiger partial charge in [-0.05, 0) is 17.5 Å². The molecule has 22 heavy (non-hydrogen) atoms. The van der Waals surface area contributed by atoms with Crippen molar-refractivity contribution in [1.29, 1.82) is 0 Å². The van der Waals surface area contributed by atoms with E-state index >= 15 is 0 Å². The van der Waals surface area contributed by atoms with Gasteiger partial charge in [0.15, 0.2) is 0 Å². The van der Waals surface area contributed by atoms with E-state index in [0.29, 0.717) is 24.1 Å². The number of carbonyl (C=O) groups excluding carboxylic acids is 2. The molecule has 1 aliphatic rings. The zero-order valence-corrected chi connectivity index (χ0v) is 11.7. The number of amides is 2. The second kappa shape index (κ2) is 4.80. The highest BCUT2D eigenvalue weighted by molar-refractivity contribution is 6.25. The molecule has 0 atom stereocenters. The molecule has 0 aliphatic carbocycles. The first kappa shape index (κ1) is 12.8. The second-order valence-electron chi connectivity index (χ2n) is 5.30. The van der Waals surface area contributed by atoms with Crippen LogP contribution in [0.3, 0.4) is 0 Å². The Balaban J connectivity index is 1.75. The summed E-state index contributed by atoms with van der Waals surface area (Å²) in [5, 5.41) is 1.68. The van der Waals surface area contributed by atoms with Crippen LogP contribution in [0.25, 0.3) is 10.8 Å². The van der Waals surface area contributed by atoms with Gasteiger partial charge in [0.25, 0.3) is 11.8 Å². The maximum absolute atomic E-state index is 12.7. The number of aromatic nitrogens is 2. The van der Waals surface area contributed by atoms with E-state index in [2.05, 4.69) is 9.97 Å². The number of hydrogen-bond acceptors (Lipinski definition) is 3. The Hall–Kier alpha value is -2.95. The summed E-state index contributed by atoms with van der Waals surface area (Å²) in [6, 6.07) is 11.1. The van der Waals surface area contributed by atoms with Gasteiger partial charge in [-0.1, -0.05) is 24.3 Å². The molecule has 4 rings (SSSR count). The number of H-pyrrole nitrogens is 1. The second-order valence-corrected chi connectivity index (χ2v) is 5.30. The largest absolute Gasteiger partial charge is 0.348 e. The van der Waals surface area contributed by atoms with E-state index in [-0.39, 0.29) is 11.8 Å². The van der Waals surface area contributed by atoms with Crippen LogP contribution in [0.4, 0.5) is 0 Å². The molecule has 0 radical (unpaired) electrons. The van der Waals surface area contributed by atoms with Crippen LogP contribution in [0.1, 0.15) is 26.4 Å². The third-order valence-electron chi connectivity index (χ3n) is 4.02. The van der Waals surface area contributed by atoms with Crippen LogP contribution < -0.4 is 0 Å². The molecule has 108 valence electrons. The number of carbonyl (C=O) groups is 2. The summed E-state index contributed by atoms with van der Waals surface area (Å²) in [6.45, 7) is 0.338. The molecule has 0 bridgehead atoms. The van der Waals surface area contributed by atoms with Crippen LogP contribution in [0, 0.1) is 0 Å². The molecule has 2 heterocycles. The van der Waals surface area contributed by atoms with Gasteiger partial charge in [-0.2, -0.15) is 0 Å². The highest BCUT2D eigenvalue weighted by atomic mass is 16.2. The van der Waals surface area contributed by atoms with Crippen molar-refractivity contribution in [3.05, 3.63) is 65.7 Å². The van der Waals surface area contributed by atoms with Crippen molar-refractivity contribution in [1.82, 2.24) is 14.9 Å². The van der Waals surface area contributed by atoms with Gasteiger partial charge < -0.3 is 4.98 Å². The number of hydrogen-bond donors (Lipinski definition) is 1. The first-order valence-corrected chi connectivity index (χ1v) is 7.11. The number of rotatable bonds is 3. The fourth-order valence-corrected chi connectivity index (χ4v) is 2.94. The Morgan fingerprint density at radius 3 is 2.27 bits per heavy atom. The van der Waals surface area contributed by atoms with E-state index in [1.807, 2.05) is 24.3 Å². The van der Waals surface area contributed by atoms with Gasteiger partial charge in [0.2, 0.25) is 0 Å². The smallest absolute Gasteiger partial charge is 0.261 e. The lowest BCUT2D eigenvalue weighted by atomic mass is 9.94. The Labute approximate surface area is 126 Å². The number of nitrogens with one attached hydrogen (secondary N) is 1. The highest BCUT2D eigenvalue weighted by Crippen LogP contribution is 2.29. The minimum absolute atomic E-state index is 0.228. The molecular weight excluding hydrogens is 278 g/mol. The lowest BCUT2D eigenvalue weighted by molar-refractivity contribution is 0.0612. The standard InChI is InChI=1S/C17H13N3O2/c21-16-13-5-1-3-11-4-2-6-14(15(11)13)17(22)20(16)8-7-12-9-18-10-19-12/h1-6,9-10H,7-8H2,(H,18,19). The average molecular weight is 291 g/mol. The summed E-state index contributed by atoms with van der Waals surface area (Å²) in [5.41, 5.74) is 2.09. The topological polar surface area (TPSA) is 66.1 Å². The Kier molecular flexibility index (Phi) is 2.79. The molecule has 2 aromatic carbocycles. The van der Waals surface area contributed by atoms with Crippen molar-refractivity contribution in [3.8, 4) is 0 Å². The minimum atomic E-state index is -0.228. The van der Waals surface area contributed by atoms with Crippen molar-refractivity contribution in [3.63, 3.8) is 0 Å². The van der Waals surface area contributed by atoms with Crippen molar-refractivity contribution < 1.29 is 9.59 Å². The monoisotopic (exact) mass is 291 g/mol. The molecule has 1 N–H and O–H groups in total. The number of benzene rings is 2. The molecule has 0 saturated heterocycles. The predicted octanol–water partition coefficient (Wildman–Crippen LogP) is 2.40. The van der Waals surface area contributed by atoms with Crippen LogP contribution in [0.2, 0.25) is 0 Å². The normalized spacial score (nSPS) is 13.9. The summed E-state index contributed by atoms with van der Waals surface area (Å²) in [6.07, 6.45) is 3.86. The van der Waals surface area contributed by atoms with E-state index in [4.69, 9.17) is 0 Å². The van der Waals surface area contributed by atoms with Gasteiger partial charge in [0.05, 0.1) is 6.33 Å². The Bertz CT molecular complexity index is 833. The number of aromatic amines is 1. The van der Waals surface area contributed by atoms with Crippen LogP contribution in [-0.2, 0) is 6.42 Å². The predicted molar refractivity (Wildman–Crippen MR) is 81.6 cm³/mol. The molecule has 0 spiro atoms. The van der Waals surface area contributed by atoms with Crippen LogP contribution >= 0.6 is 0 Å². The van der Waals surface area contributed by atoms with Crippen LogP contribution in [0.15, 0.2) is 48.9 Å². The average Bonchev–Trinajstić information content (AvgIpc) is 3.06. The summed E-state index contributed by atoms with van der Waals surface area (Å²) < 4.78 is 0. The van der Waals surface area contributed by atoms with E-state index in [1.54, 1.807) is 24.7 Å². The minimum Gasteiger partial charge on any atom is -0.348 e. The summed E-state index contributed by atoms with van der Waals surface area (Å²) >= 11 is 0. The molecular formula is C17H13N3O2. The van der Waals surface area contributed by atoms with Crippen LogP contribution in [0.5, 0.6) is 0 Å². The highest BCUT2D eigenvalue weighted by Gasteiger charge is 2.32. The van der Waals surface area contributed by atoms with Crippen molar-refractivity contribution in [2.45, 2.75) is 6.42 Å². The van der Waals surface area contributed by atoms with E-state index in [0.717, 1.165) is 16.5 Å². The third kappa shape index (κ3) is 1.83. The summed E-state index contributed by atoms with van der Waals surface area (Å²) in [7, 11) is 0. The zero-order valence-electron chi connectivity index (χ0n) is 11.7. The molecule has 0 fully saturated rings. The lowest BCUT2D eigenvalue weighted by Crippen LogP contribution is -2.41. The number of imide groups is 1. The van der Waals surface area contributed by atoms with E-state index in [1.165, 1.54) is 4.90 Å². The van der Waals surface area contributed by atoms with Crippen LogP contribution in [-0.4, -0.2) is 33.2 Å². The molecule has 5 nitrogen and oxygen atoms in total. The summed E-state index contributed by atoms with van der Waals surface area (Å²) in [5.74, 6) is -0.456. The first-order chi connectivity index (χ1) is 10.8. The molecule has 2 amide bonds. The van der Waals surface area contributed by atoms with E-state index < -0.39 is 0 Å². The number of imidazole rings is 1. The maximum Gasteiger partial charge on any atom is 0.261 e. The van der Waals surface area contributed by atoms with Gasteiger partial charge in [0, 0.05) is 41.4 Å². The quantitative estimate of drug-likeness (QED) is 0.754. The van der Waals surface area contributed by atoms with Gasteiger partial charge in [-0.3, -0.25) is 14.5 Å². The van der Waals surface area contributed by atoms with Gasteiger partial charge >= 0.3 is 0 Å². The molecule has 1 aliphatic heterocycles. The van der Waals surface area contributed by atoms with Gasteiger partial charge in [-0.15, -0.1) is 0 Å². The lowest BCUT2D eigenvalue weighted by Gasteiger charge is -2.27.